The van der Waals surface area contributed by atoms with Crippen molar-refractivity contribution in [1.29, 1.82) is 5.26 Å². The van der Waals surface area contributed by atoms with Gasteiger partial charge in [0.25, 0.3) is 0 Å². The number of pyridine rings is 1. The van der Waals surface area contributed by atoms with E-state index in [0.29, 0.717) is 22.1 Å². The van der Waals surface area contributed by atoms with Gasteiger partial charge in [0.2, 0.25) is 0 Å². The molecular formula is C12H6Cl2FN3. The van der Waals surface area contributed by atoms with Gasteiger partial charge >= 0.3 is 0 Å². The van der Waals surface area contributed by atoms with Crippen molar-refractivity contribution in [2.75, 3.05) is 5.32 Å². The molecule has 0 aliphatic rings. The molecule has 0 aliphatic heterocycles. The van der Waals surface area contributed by atoms with Gasteiger partial charge in [0.1, 0.15) is 16.8 Å². The van der Waals surface area contributed by atoms with Gasteiger partial charge in [-0.1, -0.05) is 23.2 Å². The highest BCUT2D eigenvalue weighted by Gasteiger charge is 2.05. The molecule has 90 valence electrons. The summed E-state index contributed by atoms with van der Waals surface area (Å²) in [6.45, 7) is 0. The van der Waals surface area contributed by atoms with Crippen molar-refractivity contribution < 1.29 is 4.39 Å². The van der Waals surface area contributed by atoms with Gasteiger partial charge in [0.05, 0.1) is 22.3 Å². The van der Waals surface area contributed by atoms with Crippen LogP contribution in [0.2, 0.25) is 10.2 Å². The lowest BCUT2D eigenvalue weighted by Crippen LogP contribution is -1.96. The second-order valence-electron chi connectivity index (χ2n) is 3.42. The molecule has 0 spiro atoms. The Morgan fingerprint density at radius 2 is 2.00 bits per heavy atom. The largest absolute Gasteiger partial charge is 0.339 e. The Morgan fingerprint density at radius 1 is 1.22 bits per heavy atom. The summed E-state index contributed by atoms with van der Waals surface area (Å²) in [7, 11) is 0. The zero-order valence-electron chi connectivity index (χ0n) is 8.92. The molecule has 1 N–H and O–H groups in total. The van der Waals surface area contributed by atoms with E-state index < -0.39 is 5.82 Å². The quantitative estimate of drug-likeness (QED) is 0.842. The average molecular weight is 282 g/mol. The van der Waals surface area contributed by atoms with E-state index >= 15 is 0 Å². The van der Waals surface area contributed by atoms with Crippen molar-refractivity contribution >= 4 is 34.7 Å². The lowest BCUT2D eigenvalue weighted by Gasteiger charge is -2.08. The fourth-order valence-corrected chi connectivity index (χ4v) is 1.73. The standard InChI is InChI=1S/C12H6Cl2FN3/c13-9-2-1-8(15)5-10(9)17-12-4-7(6-16)3-11(14)18-12/h1-5H,(H,17,18). The molecule has 0 saturated carbocycles. The van der Waals surface area contributed by atoms with E-state index in [1.165, 1.54) is 30.3 Å². The Labute approximate surface area is 113 Å². The Morgan fingerprint density at radius 3 is 2.72 bits per heavy atom. The van der Waals surface area contributed by atoms with Gasteiger partial charge < -0.3 is 5.32 Å². The van der Waals surface area contributed by atoms with Gasteiger partial charge in [-0.25, -0.2) is 9.37 Å². The van der Waals surface area contributed by atoms with Crippen LogP contribution in [0.3, 0.4) is 0 Å². The predicted octanol–water partition coefficient (Wildman–Crippen LogP) is 4.14. The lowest BCUT2D eigenvalue weighted by molar-refractivity contribution is 0.628. The van der Waals surface area contributed by atoms with E-state index in [1.54, 1.807) is 0 Å². The van der Waals surface area contributed by atoms with Crippen LogP contribution in [0.5, 0.6) is 0 Å². The van der Waals surface area contributed by atoms with E-state index in [9.17, 15) is 4.39 Å². The zero-order valence-corrected chi connectivity index (χ0v) is 10.4. The second-order valence-corrected chi connectivity index (χ2v) is 4.22. The topological polar surface area (TPSA) is 48.7 Å². The molecule has 18 heavy (non-hydrogen) atoms. The summed E-state index contributed by atoms with van der Waals surface area (Å²) in [5, 5.41) is 12.1. The number of benzene rings is 1. The number of hydrogen-bond donors (Lipinski definition) is 1. The van der Waals surface area contributed by atoms with E-state index in [2.05, 4.69) is 10.3 Å². The molecule has 0 radical (unpaired) electrons. The van der Waals surface area contributed by atoms with Crippen LogP contribution in [0.4, 0.5) is 15.9 Å². The van der Waals surface area contributed by atoms with Crippen LogP contribution in [-0.2, 0) is 0 Å². The molecule has 0 saturated heterocycles. The number of nitrogens with zero attached hydrogens (tertiary/aromatic N) is 2. The van der Waals surface area contributed by atoms with Gasteiger partial charge in [-0.3, -0.25) is 0 Å². The first-order valence-electron chi connectivity index (χ1n) is 4.88. The maximum Gasteiger partial charge on any atom is 0.133 e. The first-order chi connectivity index (χ1) is 8.58. The molecule has 6 heteroatoms. The minimum atomic E-state index is -0.426. The number of hydrogen-bond acceptors (Lipinski definition) is 3. The maximum atomic E-state index is 13.1. The molecule has 0 fully saturated rings. The lowest BCUT2D eigenvalue weighted by atomic mass is 10.2. The number of nitrogens with one attached hydrogen (secondary N) is 1. The molecule has 0 amide bonds. The van der Waals surface area contributed by atoms with E-state index in [1.807, 2.05) is 6.07 Å². The Hall–Kier alpha value is -1.83. The van der Waals surface area contributed by atoms with Gasteiger partial charge in [0.15, 0.2) is 0 Å². The third kappa shape index (κ3) is 2.89. The SMILES string of the molecule is N#Cc1cc(Cl)nc(Nc2cc(F)ccc2Cl)c1. The molecule has 0 atom stereocenters. The van der Waals surface area contributed by atoms with Crippen molar-refractivity contribution in [3.05, 3.63) is 51.9 Å². The third-order valence-corrected chi connectivity index (χ3v) is 2.64. The van der Waals surface area contributed by atoms with Gasteiger partial charge in [-0.2, -0.15) is 5.26 Å². The first-order valence-corrected chi connectivity index (χ1v) is 5.64. The number of halogens is 3. The molecule has 2 rings (SSSR count). The van der Waals surface area contributed by atoms with Crippen molar-refractivity contribution in [3.63, 3.8) is 0 Å². The van der Waals surface area contributed by atoms with Crippen LogP contribution in [0, 0.1) is 17.1 Å². The fraction of sp³-hybridized carbons (Fsp3) is 0. The number of aromatic nitrogens is 1. The van der Waals surface area contributed by atoms with Crippen molar-refractivity contribution in [2.24, 2.45) is 0 Å². The van der Waals surface area contributed by atoms with Gasteiger partial charge in [-0.15, -0.1) is 0 Å². The third-order valence-electron chi connectivity index (χ3n) is 2.11. The molecule has 2 aromatic rings. The summed E-state index contributed by atoms with van der Waals surface area (Å²) in [6.07, 6.45) is 0. The molecule has 3 nitrogen and oxygen atoms in total. The smallest absolute Gasteiger partial charge is 0.133 e. The molecule has 0 aliphatic carbocycles. The molecule has 0 unspecified atom stereocenters. The number of rotatable bonds is 2. The number of anilines is 2. The summed E-state index contributed by atoms with van der Waals surface area (Å²) in [5.41, 5.74) is 0.709. The highest BCUT2D eigenvalue weighted by molar-refractivity contribution is 6.33. The van der Waals surface area contributed by atoms with Crippen LogP contribution in [0.15, 0.2) is 30.3 Å². The maximum absolute atomic E-state index is 13.1. The Kier molecular flexibility index (Phi) is 3.66. The van der Waals surface area contributed by atoms with Crippen LogP contribution in [0.25, 0.3) is 0 Å². The number of nitriles is 1. The fourth-order valence-electron chi connectivity index (χ4n) is 1.36. The summed E-state index contributed by atoms with van der Waals surface area (Å²) < 4.78 is 13.1. The van der Waals surface area contributed by atoms with Crippen LogP contribution in [-0.4, -0.2) is 4.98 Å². The summed E-state index contributed by atoms with van der Waals surface area (Å²) >= 11 is 11.7. The van der Waals surface area contributed by atoms with Gasteiger partial charge in [0, 0.05) is 0 Å². The van der Waals surface area contributed by atoms with Crippen LogP contribution >= 0.6 is 23.2 Å². The Balaban J connectivity index is 2.37. The molecular weight excluding hydrogens is 276 g/mol. The van der Waals surface area contributed by atoms with Crippen molar-refractivity contribution in [3.8, 4) is 6.07 Å². The second kappa shape index (κ2) is 5.21. The molecule has 0 bridgehead atoms. The molecule has 1 aromatic carbocycles. The van der Waals surface area contributed by atoms with Gasteiger partial charge in [-0.05, 0) is 30.3 Å². The summed E-state index contributed by atoms with van der Waals surface area (Å²) in [5.74, 6) is -0.101. The normalized spacial score (nSPS) is 9.89. The predicted molar refractivity (Wildman–Crippen MR) is 68.7 cm³/mol. The average Bonchev–Trinajstić information content (AvgIpc) is 2.33. The zero-order chi connectivity index (χ0) is 13.1. The first kappa shape index (κ1) is 12.6. The van der Waals surface area contributed by atoms with Crippen molar-refractivity contribution in [2.45, 2.75) is 0 Å². The van der Waals surface area contributed by atoms with E-state index in [0.717, 1.165) is 0 Å². The summed E-state index contributed by atoms with van der Waals surface area (Å²) in [4.78, 5) is 3.97. The molecule has 1 aromatic heterocycles. The minimum Gasteiger partial charge on any atom is -0.339 e. The highest BCUT2D eigenvalue weighted by Crippen LogP contribution is 2.26. The van der Waals surface area contributed by atoms with Crippen LogP contribution in [0.1, 0.15) is 5.56 Å². The summed E-state index contributed by atoms with van der Waals surface area (Å²) in [6, 6.07) is 8.78. The molecule has 1 heterocycles. The van der Waals surface area contributed by atoms with Crippen LogP contribution < -0.4 is 5.32 Å². The highest BCUT2D eigenvalue weighted by atomic mass is 35.5. The van der Waals surface area contributed by atoms with E-state index in [-0.39, 0.29) is 5.15 Å². The minimum absolute atomic E-state index is 0.170. The monoisotopic (exact) mass is 281 g/mol. The Bertz CT molecular complexity index is 638. The van der Waals surface area contributed by atoms with Crippen molar-refractivity contribution in [1.82, 2.24) is 4.98 Å². The van der Waals surface area contributed by atoms with E-state index in [4.69, 9.17) is 28.5 Å².